The number of nitrogens with two attached hydrogens (primary N) is 1. The Hall–Kier alpha value is -1.55. The van der Waals surface area contributed by atoms with E-state index in [2.05, 4.69) is 10.2 Å². The lowest BCUT2D eigenvalue weighted by Gasteiger charge is -2.10. The molecule has 0 fully saturated rings. The van der Waals surface area contributed by atoms with Crippen molar-refractivity contribution in [2.75, 3.05) is 12.5 Å². The smallest absolute Gasteiger partial charge is 0.340 e. The van der Waals surface area contributed by atoms with E-state index in [1.54, 1.807) is 6.07 Å². The molecule has 4 nitrogen and oxygen atoms in total. The van der Waals surface area contributed by atoms with Crippen molar-refractivity contribution in [3.8, 4) is 0 Å². The number of anilines is 1. The number of methoxy groups -OCH3 is 1. The molecule has 4 heteroatoms. The number of nitrogen functional groups attached to an aromatic ring is 1. The topological polar surface area (TPSA) is 64.3 Å². The molecule has 1 rings (SSSR count). The molecular weight excluding hydrogens is 180 g/mol. The third kappa shape index (κ3) is 1.85. The minimum absolute atomic E-state index is 0.365. The number of carbonyl (C=O) groups is 1. The summed E-state index contributed by atoms with van der Waals surface area (Å²) in [5.74, 6) is 4.94. The molecule has 0 amide bonds. The van der Waals surface area contributed by atoms with Gasteiger partial charge >= 0.3 is 5.97 Å². The van der Waals surface area contributed by atoms with Gasteiger partial charge in [-0.05, 0) is 18.1 Å². The van der Waals surface area contributed by atoms with Gasteiger partial charge in [0.25, 0.3) is 0 Å². The molecule has 1 aromatic carbocycles. The summed E-state index contributed by atoms with van der Waals surface area (Å²) in [6.07, 6.45) is 0.764. The molecule has 3 N–H and O–H groups in total. The van der Waals surface area contributed by atoms with Crippen molar-refractivity contribution >= 4 is 11.7 Å². The summed E-state index contributed by atoms with van der Waals surface area (Å²) in [4.78, 5) is 11.5. The number of aryl methyl sites for hydroxylation is 1. The van der Waals surface area contributed by atoms with Crippen molar-refractivity contribution in [1.82, 2.24) is 0 Å². The molecule has 0 aromatic heterocycles. The van der Waals surface area contributed by atoms with Gasteiger partial charge in [-0.3, -0.25) is 5.84 Å². The van der Waals surface area contributed by atoms with E-state index >= 15 is 0 Å². The first-order valence-electron chi connectivity index (χ1n) is 4.41. The Kier molecular flexibility index (Phi) is 3.48. The Bertz CT molecular complexity index is 315. The molecule has 0 heterocycles. The summed E-state index contributed by atoms with van der Waals surface area (Å²) in [7, 11) is 1.36. The maximum absolute atomic E-state index is 11.5. The molecule has 0 bridgehead atoms. The van der Waals surface area contributed by atoms with E-state index in [1.165, 1.54) is 7.11 Å². The first-order valence-corrected chi connectivity index (χ1v) is 4.41. The number of carbonyl (C=O) groups excluding carboxylic acids is 1. The monoisotopic (exact) mass is 194 g/mol. The molecule has 14 heavy (non-hydrogen) atoms. The van der Waals surface area contributed by atoms with Gasteiger partial charge in [-0.1, -0.05) is 19.1 Å². The van der Waals surface area contributed by atoms with Crippen LogP contribution in [0.15, 0.2) is 18.2 Å². The molecule has 0 spiro atoms. The van der Waals surface area contributed by atoms with E-state index in [1.807, 2.05) is 19.1 Å². The van der Waals surface area contributed by atoms with E-state index in [4.69, 9.17) is 5.84 Å². The molecule has 0 aliphatic rings. The van der Waals surface area contributed by atoms with Crippen LogP contribution in [0.25, 0.3) is 0 Å². The van der Waals surface area contributed by atoms with Crippen LogP contribution >= 0.6 is 0 Å². The SMILES string of the molecule is CCc1cccc(NN)c1C(=O)OC. The lowest BCUT2D eigenvalue weighted by atomic mass is 10.0. The second kappa shape index (κ2) is 4.62. The largest absolute Gasteiger partial charge is 0.465 e. The van der Waals surface area contributed by atoms with Crippen molar-refractivity contribution in [1.29, 1.82) is 0 Å². The van der Waals surface area contributed by atoms with E-state index in [-0.39, 0.29) is 5.97 Å². The van der Waals surface area contributed by atoms with Crippen molar-refractivity contribution in [2.45, 2.75) is 13.3 Å². The Morgan fingerprint density at radius 2 is 2.29 bits per heavy atom. The van der Waals surface area contributed by atoms with Gasteiger partial charge in [-0.2, -0.15) is 0 Å². The van der Waals surface area contributed by atoms with Gasteiger partial charge in [0.2, 0.25) is 0 Å². The van der Waals surface area contributed by atoms with Crippen LogP contribution in [0.2, 0.25) is 0 Å². The molecule has 0 saturated heterocycles. The number of esters is 1. The zero-order valence-corrected chi connectivity index (χ0v) is 8.33. The summed E-state index contributed by atoms with van der Waals surface area (Å²) in [5.41, 5.74) is 4.52. The minimum atomic E-state index is -0.365. The summed E-state index contributed by atoms with van der Waals surface area (Å²) in [6, 6.07) is 5.47. The third-order valence-electron chi connectivity index (χ3n) is 2.08. The highest BCUT2D eigenvalue weighted by Gasteiger charge is 2.14. The van der Waals surface area contributed by atoms with Crippen molar-refractivity contribution in [2.24, 2.45) is 5.84 Å². The number of rotatable bonds is 3. The Morgan fingerprint density at radius 1 is 1.57 bits per heavy atom. The van der Waals surface area contributed by atoms with Crippen LogP contribution in [0.5, 0.6) is 0 Å². The minimum Gasteiger partial charge on any atom is -0.465 e. The average molecular weight is 194 g/mol. The highest BCUT2D eigenvalue weighted by molar-refractivity contribution is 5.97. The Labute approximate surface area is 83.0 Å². The number of benzene rings is 1. The zero-order chi connectivity index (χ0) is 10.6. The fourth-order valence-electron chi connectivity index (χ4n) is 1.36. The predicted molar refractivity (Wildman–Crippen MR) is 55.0 cm³/mol. The first kappa shape index (κ1) is 10.5. The number of ether oxygens (including phenoxy) is 1. The second-order valence-corrected chi connectivity index (χ2v) is 2.83. The second-order valence-electron chi connectivity index (χ2n) is 2.83. The molecule has 0 aliphatic heterocycles. The maximum atomic E-state index is 11.5. The maximum Gasteiger partial charge on any atom is 0.340 e. The van der Waals surface area contributed by atoms with Crippen LogP contribution in [-0.4, -0.2) is 13.1 Å². The van der Waals surface area contributed by atoms with Crippen LogP contribution in [0.4, 0.5) is 5.69 Å². The molecular formula is C10H14N2O2. The Balaban J connectivity index is 3.25. The van der Waals surface area contributed by atoms with Gasteiger partial charge < -0.3 is 10.2 Å². The highest BCUT2D eigenvalue weighted by Crippen LogP contribution is 2.20. The molecule has 0 radical (unpaired) electrons. The first-order chi connectivity index (χ1) is 6.74. The highest BCUT2D eigenvalue weighted by atomic mass is 16.5. The molecule has 76 valence electrons. The van der Waals surface area contributed by atoms with Crippen molar-refractivity contribution in [3.63, 3.8) is 0 Å². The van der Waals surface area contributed by atoms with Crippen molar-refractivity contribution < 1.29 is 9.53 Å². The van der Waals surface area contributed by atoms with Crippen LogP contribution in [0.3, 0.4) is 0 Å². The van der Waals surface area contributed by atoms with Crippen LogP contribution in [0, 0.1) is 0 Å². The van der Waals surface area contributed by atoms with Gasteiger partial charge in [-0.15, -0.1) is 0 Å². The molecule has 0 saturated carbocycles. The lowest BCUT2D eigenvalue weighted by Crippen LogP contribution is -2.14. The van der Waals surface area contributed by atoms with Gasteiger partial charge in [0.05, 0.1) is 18.4 Å². The summed E-state index contributed by atoms with van der Waals surface area (Å²) in [5, 5.41) is 0. The lowest BCUT2D eigenvalue weighted by molar-refractivity contribution is 0.0600. The fraction of sp³-hybridized carbons (Fsp3) is 0.300. The predicted octanol–water partition coefficient (Wildman–Crippen LogP) is 1.32. The molecule has 0 atom stereocenters. The van der Waals surface area contributed by atoms with E-state index in [0.29, 0.717) is 11.3 Å². The number of hydrogen-bond acceptors (Lipinski definition) is 4. The normalized spacial score (nSPS) is 9.64. The average Bonchev–Trinajstić information content (AvgIpc) is 2.26. The number of nitrogens with one attached hydrogen (secondary N) is 1. The third-order valence-corrected chi connectivity index (χ3v) is 2.08. The standard InChI is InChI=1S/C10H14N2O2/c1-3-7-5-4-6-8(12-11)9(7)10(13)14-2/h4-6,12H,3,11H2,1-2H3. The fourth-order valence-corrected chi connectivity index (χ4v) is 1.36. The van der Waals surface area contributed by atoms with Gasteiger partial charge in [0.1, 0.15) is 0 Å². The zero-order valence-electron chi connectivity index (χ0n) is 8.33. The number of hydrazine groups is 1. The number of hydrogen-bond donors (Lipinski definition) is 2. The van der Waals surface area contributed by atoms with Gasteiger partial charge in [0, 0.05) is 0 Å². The van der Waals surface area contributed by atoms with Gasteiger partial charge in [-0.25, -0.2) is 4.79 Å². The summed E-state index contributed by atoms with van der Waals surface area (Å²) < 4.78 is 4.69. The van der Waals surface area contributed by atoms with Crippen LogP contribution < -0.4 is 11.3 Å². The van der Waals surface area contributed by atoms with E-state index in [0.717, 1.165) is 12.0 Å². The summed E-state index contributed by atoms with van der Waals surface area (Å²) in [6.45, 7) is 1.97. The van der Waals surface area contributed by atoms with E-state index in [9.17, 15) is 4.79 Å². The Morgan fingerprint density at radius 3 is 2.79 bits per heavy atom. The van der Waals surface area contributed by atoms with Crippen LogP contribution in [0.1, 0.15) is 22.8 Å². The van der Waals surface area contributed by atoms with E-state index < -0.39 is 0 Å². The van der Waals surface area contributed by atoms with Crippen molar-refractivity contribution in [3.05, 3.63) is 29.3 Å². The van der Waals surface area contributed by atoms with Gasteiger partial charge in [0.15, 0.2) is 0 Å². The molecule has 0 aliphatic carbocycles. The quantitative estimate of drug-likeness (QED) is 0.432. The molecule has 1 aromatic rings. The molecule has 0 unspecified atom stereocenters. The summed E-state index contributed by atoms with van der Waals surface area (Å²) >= 11 is 0. The van der Waals surface area contributed by atoms with Crippen LogP contribution in [-0.2, 0) is 11.2 Å².